The van der Waals surface area contributed by atoms with E-state index in [0.717, 1.165) is 11.8 Å². The number of hydrogen-bond acceptors (Lipinski definition) is 3. The van der Waals surface area contributed by atoms with E-state index in [1.807, 2.05) is 0 Å². The van der Waals surface area contributed by atoms with Gasteiger partial charge >= 0.3 is 0 Å². The molecule has 27 heavy (non-hydrogen) atoms. The number of anilines is 1. The standard InChI is InChI=1S/C20H22F3N3O/c1-14(18-7-4-16(22)12-19(18)23)24-13-20(27)26-10-8-25(9-11-26)17-5-2-15(21)3-6-17/h2-7,12,14,24H,8-11,13H2,1H3. The number of benzene rings is 2. The largest absolute Gasteiger partial charge is 0.368 e. The molecule has 1 aliphatic rings. The van der Waals surface area contributed by atoms with Gasteiger partial charge < -0.3 is 15.1 Å². The van der Waals surface area contributed by atoms with Crippen molar-refractivity contribution in [2.24, 2.45) is 0 Å². The summed E-state index contributed by atoms with van der Waals surface area (Å²) in [5.41, 5.74) is 1.26. The Bertz CT molecular complexity index is 790. The number of piperazine rings is 1. The smallest absolute Gasteiger partial charge is 0.236 e. The highest BCUT2D eigenvalue weighted by molar-refractivity contribution is 5.78. The third-order valence-electron chi connectivity index (χ3n) is 4.81. The van der Waals surface area contributed by atoms with Crippen LogP contribution in [0.15, 0.2) is 42.5 Å². The molecule has 1 unspecified atom stereocenters. The summed E-state index contributed by atoms with van der Waals surface area (Å²) >= 11 is 0. The molecule has 1 atom stereocenters. The van der Waals surface area contributed by atoms with Crippen LogP contribution in [-0.2, 0) is 4.79 Å². The Morgan fingerprint density at radius 1 is 1.00 bits per heavy atom. The Morgan fingerprint density at radius 3 is 2.26 bits per heavy atom. The van der Waals surface area contributed by atoms with E-state index < -0.39 is 17.7 Å². The molecule has 0 aliphatic carbocycles. The van der Waals surface area contributed by atoms with E-state index in [1.54, 1.807) is 24.0 Å². The molecule has 2 aromatic rings. The van der Waals surface area contributed by atoms with Crippen LogP contribution in [0.2, 0.25) is 0 Å². The van der Waals surface area contributed by atoms with E-state index in [0.29, 0.717) is 31.7 Å². The SMILES string of the molecule is CC(NCC(=O)N1CCN(c2ccc(F)cc2)CC1)c1ccc(F)cc1F. The Balaban J connectivity index is 1.48. The molecule has 1 heterocycles. The molecule has 0 aromatic heterocycles. The van der Waals surface area contributed by atoms with Gasteiger partial charge in [0, 0.05) is 49.5 Å². The number of nitrogens with one attached hydrogen (secondary N) is 1. The molecular weight excluding hydrogens is 355 g/mol. The van der Waals surface area contributed by atoms with Gasteiger partial charge in [-0.15, -0.1) is 0 Å². The zero-order valence-corrected chi connectivity index (χ0v) is 15.1. The van der Waals surface area contributed by atoms with Crippen molar-refractivity contribution < 1.29 is 18.0 Å². The van der Waals surface area contributed by atoms with Crippen LogP contribution in [-0.4, -0.2) is 43.5 Å². The molecule has 7 heteroatoms. The molecular formula is C20H22F3N3O. The maximum Gasteiger partial charge on any atom is 0.236 e. The lowest BCUT2D eigenvalue weighted by Crippen LogP contribution is -2.51. The van der Waals surface area contributed by atoms with Crippen LogP contribution < -0.4 is 10.2 Å². The van der Waals surface area contributed by atoms with Gasteiger partial charge in [-0.3, -0.25) is 4.79 Å². The van der Waals surface area contributed by atoms with Crippen LogP contribution in [0.4, 0.5) is 18.9 Å². The number of carbonyl (C=O) groups is 1. The first kappa shape index (κ1) is 19.2. The zero-order chi connectivity index (χ0) is 19.4. The van der Waals surface area contributed by atoms with Crippen LogP contribution in [0.25, 0.3) is 0 Å². The molecule has 0 saturated carbocycles. The maximum atomic E-state index is 13.8. The third kappa shape index (κ3) is 4.80. The lowest BCUT2D eigenvalue weighted by molar-refractivity contribution is -0.130. The second-order valence-electron chi connectivity index (χ2n) is 6.61. The minimum Gasteiger partial charge on any atom is -0.368 e. The molecule has 0 radical (unpaired) electrons. The van der Waals surface area contributed by atoms with Crippen molar-refractivity contribution in [3.05, 3.63) is 65.5 Å². The number of amides is 1. The van der Waals surface area contributed by atoms with E-state index in [2.05, 4.69) is 10.2 Å². The van der Waals surface area contributed by atoms with Gasteiger partial charge in [-0.25, -0.2) is 13.2 Å². The van der Waals surface area contributed by atoms with Crippen molar-refractivity contribution in [2.75, 3.05) is 37.6 Å². The molecule has 3 rings (SSSR count). The Kier molecular flexibility index (Phi) is 6.01. The second kappa shape index (κ2) is 8.43. The van der Waals surface area contributed by atoms with Gasteiger partial charge in [-0.05, 0) is 37.3 Å². The number of halogens is 3. The Morgan fingerprint density at radius 2 is 1.63 bits per heavy atom. The molecule has 0 spiro atoms. The number of rotatable bonds is 5. The van der Waals surface area contributed by atoms with Crippen LogP contribution in [0, 0.1) is 17.5 Å². The Labute approximate surface area is 156 Å². The fourth-order valence-corrected chi connectivity index (χ4v) is 3.18. The zero-order valence-electron chi connectivity index (χ0n) is 15.1. The second-order valence-corrected chi connectivity index (χ2v) is 6.61. The van der Waals surface area contributed by atoms with Crippen LogP contribution in [0.1, 0.15) is 18.5 Å². The highest BCUT2D eigenvalue weighted by Gasteiger charge is 2.22. The summed E-state index contributed by atoms with van der Waals surface area (Å²) in [7, 11) is 0. The first-order chi connectivity index (χ1) is 12.9. The molecule has 1 saturated heterocycles. The fourth-order valence-electron chi connectivity index (χ4n) is 3.18. The van der Waals surface area contributed by atoms with E-state index >= 15 is 0 Å². The normalized spacial score (nSPS) is 15.7. The van der Waals surface area contributed by atoms with Gasteiger partial charge in [0.05, 0.1) is 6.54 Å². The summed E-state index contributed by atoms with van der Waals surface area (Å²) in [5.74, 6) is -1.60. The molecule has 0 bridgehead atoms. The van der Waals surface area contributed by atoms with Gasteiger partial charge in [-0.1, -0.05) is 6.07 Å². The van der Waals surface area contributed by atoms with Crippen molar-refractivity contribution in [3.8, 4) is 0 Å². The first-order valence-corrected chi connectivity index (χ1v) is 8.90. The van der Waals surface area contributed by atoms with E-state index in [9.17, 15) is 18.0 Å². The lowest BCUT2D eigenvalue weighted by Gasteiger charge is -2.36. The van der Waals surface area contributed by atoms with Gasteiger partial charge in [0.2, 0.25) is 5.91 Å². The topological polar surface area (TPSA) is 35.6 Å². The minimum atomic E-state index is -0.629. The summed E-state index contributed by atoms with van der Waals surface area (Å²) in [6, 6.07) is 9.32. The lowest BCUT2D eigenvalue weighted by atomic mass is 10.1. The first-order valence-electron chi connectivity index (χ1n) is 8.90. The van der Waals surface area contributed by atoms with Crippen LogP contribution in [0.5, 0.6) is 0 Å². The summed E-state index contributed by atoms with van der Waals surface area (Å²) in [6.07, 6.45) is 0. The summed E-state index contributed by atoms with van der Waals surface area (Å²) in [6.45, 7) is 4.28. The van der Waals surface area contributed by atoms with Gasteiger partial charge in [-0.2, -0.15) is 0 Å². The number of nitrogens with zero attached hydrogens (tertiary/aromatic N) is 2. The number of carbonyl (C=O) groups excluding carboxylic acids is 1. The molecule has 1 fully saturated rings. The van der Waals surface area contributed by atoms with E-state index in [-0.39, 0.29) is 18.3 Å². The van der Waals surface area contributed by atoms with Crippen molar-refractivity contribution in [3.63, 3.8) is 0 Å². The summed E-state index contributed by atoms with van der Waals surface area (Å²) < 4.78 is 39.8. The predicted molar refractivity (Wildman–Crippen MR) is 98.0 cm³/mol. The molecule has 2 aromatic carbocycles. The van der Waals surface area contributed by atoms with Crippen molar-refractivity contribution in [1.82, 2.24) is 10.2 Å². The fraction of sp³-hybridized carbons (Fsp3) is 0.350. The highest BCUT2D eigenvalue weighted by Crippen LogP contribution is 2.19. The summed E-state index contributed by atoms with van der Waals surface area (Å²) in [5, 5.41) is 3.00. The molecule has 1 N–H and O–H groups in total. The van der Waals surface area contributed by atoms with E-state index in [4.69, 9.17) is 0 Å². The predicted octanol–water partition coefficient (Wildman–Crippen LogP) is 3.10. The molecule has 1 aliphatic heterocycles. The monoisotopic (exact) mass is 377 g/mol. The van der Waals surface area contributed by atoms with Crippen LogP contribution in [0.3, 0.4) is 0 Å². The van der Waals surface area contributed by atoms with Gasteiger partial charge in [0.1, 0.15) is 17.5 Å². The highest BCUT2D eigenvalue weighted by atomic mass is 19.1. The average Bonchev–Trinajstić information content (AvgIpc) is 2.66. The molecule has 1 amide bonds. The van der Waals surface area contributed by atoms with Crippen LogP contribution >= 0.6 is 0 Å². The third-order valence-corrected chi connectivity index (χ3v) is 4.81. The maximum absolute atomic E-state index is 13.8. The van der Waals surface area contributed by atoms with E-state index in [1.165, 1.54) is 24.3 Å². The minimum absolute atomic E-state index is 0.0666. The van der Waals surface area contributed by atoms with Crippen molar-refractivity contribution in [2.45, 2.75) is 13.0 Å². The van der Waals surface area contributed by atoms with Gasteiger partial charge in [0.25, 0.3) is 0 Å². The number of hydrogen-bond donors (Lipinski definition) is 1. The van der Waals surface area contributed by atoms with Crippen molar-refractivity contribution >= 4 is 11.6 Å². The molecule has 144 valence electrons. The van der Waals surface area contributed by atoms with Gasteiger partial charge in [0.15, 0.2) is 0 Å². The molecule has 4 nitrogen and oxygen atoms in total. The summed E-state index contributed by atoms with van der Waals surface area (Å²) in [4.78, 5) is 16.3. The van der Waals surface area contributed by atoms with Crippen molar-refractivity contribution in [1.29, 1.82) is 0 Å². The Hall–Kier alpha value is -2.54. The average molecular weight is 377 g/mol. The quantitative estimate of drug-likeness (QED) is 0.870.